The van der Waals surface area contributed by atoms with Crippen molar-refractivity contribution in [2.45, 2.75) is 32.4 Å². The highest BCUT2D eigenvalue weighted by Crippen LogP contribution is 2.18. The summed E-state index contributed by atoms with van der Waals surface area (Å²) in [4.78, 5) is 4.88. The van der Waals surface area contributed by atoms with E-state index in [1.165, 1.54) is 49.2 Å². The van der Waals surface area contributed by atoms with Gasteiger partial charge in [0.1, 0.15) is 0 Å². The number of hydrogen-bond acceptors (Lipinski definition) is 2. The van der Waals surface area contributed by atoms with Gasteiger partial charge >= 0.3 is 0 Å². The van der Waals surface area contributed by atoms with Crippen LogP contribution in [0.5, 0.6) is 0 Å². The molecule has 0 unspecified atom stereocenters. The third-order valence-electron chi connectivity index (χ3n) is 4.49. The zero-order valence-corrected chi connectivity index (χ0v) is 13.5. The first-order valence-electron chi connectivity index (χ1n) is 8.37. The van der Waals surface area contributed by atoms with Crippen molar-refractivity contribution in [3.8, 4) is 0 Å². The number of anilines is 1. The Balaban J connectivity index is 1.58. The maximum Gasteiger partial charge on any atom is 0.0426 e. The van der Waals surface area contributed by atoms with Gasteiger partial charge in [-0.1, -0.05) is 48.9 Å². The van der Waals surface area contributed by atoms with Gasteiger partial charge in [0.15, 0.2) is 0 Å². The second-order valence-electron chi connectivity index (χ2n) is 6.34. The van der Waals surface area contributed by atoms with Crippen LogP contribution in [0.1, 0.15) is 30.4 Å². The molecule has 1 aliphatic heterocycles. The van der Waals surface area contributed by atoms with Crippen molar-refractivity contribution in [1.29, 1.82) is 0 Å². The summed E-state index contributed by atoms with van der Waals surface area (Å²) in [6.45, 7) is 4.57. The summed E-state index contributed by atoms with van der Waals surface area (Å²) in [5.74, 6) is 0. The first kappa shape index (κ1) is 15.1. The lowest BCUT2D eigenvalue weighted by Gasteiger charge is -2.26. The molecule has 0 atom stereocenters. The highest BCUT2D eigenvalue weighted by atomic mass is 15.1. The first-order chi connectivity index (χ1) is 10.8. The van der Waals surface area contributed by atoms with Crippen LogP contribution in [0.15, 0.2) is 54.6 Å². The van der Waals surface area contributed by atoms with Crippen molar-refractivity contribution in [1.82, 2.24) is 4.90 Å². The molecule has 0 saturated carbocycles. The molecule has 116 valence electrons. The average Bonchev–Trinajstić information content (AvgIpc) is 2.57. The monoisotopic (exact) mass is 294 g/mol. The highest BCUT2D eigenvalue weighted by molar-refractivity contribution is 5.47. The smallest absolute Gasteiger partial charge is 0.0426 e. The largest absolute Gasteiger partial charge is 0.370 e. The van der Waals surface area contributed by atoms with Gasteiger partial charge in [0.2, 0.25) is 0 Å². The van der Waals surface area contributed by atoms with Crippen molar-refractivity contribution in [2.24, 2.45) is 0 Å². The molecule has 22 heavy (non-hydrogen) atoms. The van der Waals surface area contributed by atoms with Crippen LogP contribution in [0.2, 0.25) is 0 Å². The fraction of sp³-hybridized carbons (Fsp3) is 0.400. The molecule has 1 saturated heterocycles. The van der Waals surface area contributed by atoms with Crippen LogP contribution in [0.25, 0.3) is 0 Å². The SMILES string of the molecule is CN(Cc1ccccc1)c1ccc(CN2CCCCC2)cc1. The van der Waals surface area contributed by atoms with Crippen molar-refractivity contribution >= 4 is 5.69 Å². The number of rotatable bonds is 5. The van der Waals surface area contributed by atoms with Crippen LogP contribution in [0.3, 0.4) is 0 Å². The van der Waals surface area contributed by atoms with Crippen LogP contribution in [-0.4, -0.2) is 25.0 Å². The lowest BCUT2D eigenvalue weighted by atomic mass is 10.1. The van der Waals surface area contributed by atoms with Gasteiger partial charge in [0.05, 0.1) is 0 Å². The second-order valence-corrected chi connectivity index (χ2v) is 6.34. The molecule has 2 nitrogen and oxygen atoms in total. The van der Waals surface area contributed by atoms with Crippen LogP contribution in [0, 0.1) is 0 Å². The summed E-state index contributed by atoms with van der Waals surface area (Å²) in [6, 6.07) is 19.7. The number of benzene rings is 2. The van der Waals surface area contributed by atoms with E-state index in [1.807, 2.05) is 0 Å². The molecule has 0 N–H and O–H groups in total. The third kappa shape index (κ3) is 4.11. The summed E-state index contributed by atoms with van der Waals surface area (Å²) in [7, 11) is 2.16. The zero-order valence-electron chi connectivity index (χ0n) is 13.5. The standard InChI is InChI=1S/C20H26N2/c1-21(16-18-8-4-2-5-9-18)20-12-10-19(11-13-20)17-22-14-6-3-7-15-22/h2,4-5,8-13H,3,6-7,14-17H2,1H3. The molecule has 0 aromatic heterocycles. The minimum absolute atomic E-state index is 0.951. The molecular weight excluding hydrogens is 268 g/mol. The maximum absolute atomic E-state index is 2.58. The Bertz CT molecular complexity index is 556. The fourth-order valence-corrected chi connectivity index (χ4v) is 3.18. The van der Waals surface area contributed by atoms with Gasteiger partial charge in [-0.2, -0.15) is 0 Å². The van der Waals surface area contributed by atoms with E-state index in [2.05, 4.69) is 71.4 Å². The van der Waals surface area contributed by atoms with E-state index < -0.39 is 0 Å². The Hall–Kier alpha value is -1.80. The van der Waals surface area contributed by atoms with E-state index in [-0.39, 0.29) is 0 Å². The van der Waals surface area contributed by atoms with Crippen molar-refractivity contribution in [3.63, 3.8) is 0 Å². The minimum Gasteiger partial charge on any atom is -0.370 e. The number of piperidine rings is 1. The molecule has 2 heteroatoms. The molecule has 2 aromatic rings. The Morgan fingerprint density at radius 2 is 1.50 bits per heavy atom. The summed E-state index contributed by atoms with van der Waals surface area (Å²) < 4.78 is 0. The number of likely N-dealkylation sites (tertiary alicyclic amines) is 1. The summed E-state index contributed by atoms with van der Waals surface area (Å²) in [5, 5.41) is 0. The molecule has 0 bridgehead atoms. The van der Waals surface area contributed by atoms with E-state index in [9.17, 15) is 0 Å². The molecular formula is C20H26N2. The van der Waals surface area contributed by atoms with Crippen molar-refractivity contribution < 1.29 is 0 Å². The molecule has 1 fully saturated rings. The Labute approximate surface area is 134 Å². The Morgan fingerprint density at radius 3 is 2.18 bits per heavy atom. The van der Waals surface area contributed by atoms with Crippen LogP contribution >= 0.6 is 0 Å². The van der Waals surface area contributed by atoms with Crippen molar-refractivity contribution in [3.05, 3.63) is 65.7 Å². The van der Waals surface area contributed by atoms with E-state index in [1.54, 1.807) is 0 Å². The van der Waals surface area contributed by atoms with Crippen molar-refractivity contribution in [2.75, 3.05) is 25.0 Å². The zero-order chi connectivity index (χ0) is 15.2. The lowest BCUT2D eigenvalue weighted by Crippen LogP contribution is -2.29. The van der Waals surface area contributed by atoms with Gasteiger partial charge in [-0.15, -0.1) is 0 Å². The molecule has 1 aliphatic rings. The van der Waals surface area contributed by atoms with Gasteiger partial charge < -0.3 is 4.90 Å². The summed E-state index contributed by atoms with van der Waals surface area (Å²) in [6.07, 6.45) is 4.12. The number of hydrogen-bond donors (Lipinski definition) is 0. The summed E-state index contributed by atoms with van der Waals surface area (Å²) in [5.41, 5.74) is 4.06. The normalized spacial score (nSPS) is 15.7. The quantitative estimate of drug-likeness (QED) is 0.811. The molecule has 3 rings (SSSR count). The average molecular weight is 294 g/mol. The van der Waals surface area contributed by atoms with Gasteiger partial charge in [-0.3, -0.25) is 4.90 Å². The molecule has 0 aliphatic carbocycles. The predicted octanol–water partition coefficient (Wildman–Crippen LogP) is 4.31. The molecule has 2 aromatic carbocycles. The molecule has 1 heterocycles. The topological polar surface area (TPSA) is 6.48 Å². The predicted molar refractivity (Wildman–Crippen MR) is 94.1 cm³/mol. The van der Waals surface area contributed by atoms with Crippen LogP contribution in [-0.2, 0) is 13.1 Å². The van der Waals surface area contributed by atoms with E-state index in [0.29, 0.717) is 0 Å². The van der Waals surface area contributed by atoms with Gasteiger partial charge in [-0.05, 0) is 49.2 Å². The van der Waals surface area contributed by atoms with Crippen LogP contribution < -0.4 is 4.90 Å². The Kier molecular flexibility index (Phi) is 5.12. The van der Waals surface area contributed by atoms with E-state index in [4.69, 9.17) is 0 Å². The maximum atomic E-state index is 2.58. The van der Waals surface area contributed by atoms with E-state index in [0.717, 1.165) is 13.1 Å². The van der Waals surface area contributed by atoms with E-state index >= 15 is 0 Å². The lowest BCUT2D eigenvalue weighted by molar-refractivity contribution is 0.221. The minimum atomic E-state index is 0.951. The molecule has 0 amide bonds. The molecule has 0 radical (unpaired) electrons. The number of nitrogens with zero attached hydrogens (tertiary/aromatic N) is 2. The second kappa shape index (κ2) is 7.46. The molecule has 0 spiro atoms. The van der Waals surface area contributed by atoms with Gasteiger partial charge in [0, 0.05) is 25.8 Å². The first-order valence-corrected chi connectivity index (χ1v) is 8.37. The fourth-order valence-electron chi connectivity index (χ4n) is 3.18. The highest BCUT2D eigenvalue weighted by Gasteiger charge is 2.10. The van der Waals surface area contributed by atoms with Crippen LogP contribution in [0.4, 0.5) is 5.69 Å². The van der Waals surface area contributed by atoms with Gasteiger partial charge in [0.25, 0.3) is 0 Å². The Morgan fingerprint density at radius 1 is 0.818 bits per heavy atom. The van der Waals surface area contributed by atoms with Gasteiger partial charge in [-0.25, -0.2) is 0 Å². The third-order valence-corrected chi connectivity index (χ3v) is 4.49. The summed E-state index contributed by atoms with van der Waals surface area (Å²) >= 11 is 0.